The minimum atomic E-state index is -0.277. The van der Waals surface area contributed by atoms with Crippen molar-refractivity contribution in [3.8, 4) is 5.82 Å². The van der Waals surface area contributed by atoms with Crippen LogP contribution in [0.2, 0.25) is 0 Å². The highest BCUT2D eigenvalue weighted by Crippen LogP contribution is 2.22. The number of nitrogens with zero attached hydrogens (tertiary/aromatic N) is 3. The lowest BCUT2D eigenvalue weighted by atomic mass is 10.1. The number of fused-ring (bicyclic) bond motifs is 1. The number of benzene rings is 1. The first kappa shape index (κ1) is 14.5. The highest BCUT2D eigenvalue weighted by atomic mass is 35.5. The van der Waals surface area contributed by atoms with Crippen LogP contribution >= 0.6 is 11.6 Å². The van der Waals surface area contributed by atoms with Gasteiger partial charge in [0.2, 0.25) is 5.91 Å². The van der Waals surface area contributed by atoms with Gasteiger partial charge in [-0.05, 0) is 31.5 Å². The third-order valence-electron chi connectivity index (χ3n) is 3.35. The summed E-state index contributed by atoms with van der Waals surface area (Å²) < 4.78 is 1.62. The Hall–Kier alpha value is -2.40. The topological polar surface area (TPSA) is 59.8 Å². The van der Waals surface area contributed by atoms with Gasteiger partial charge in [0.25, 0.3) is 0 Å². The molecule has 2 aromatic heterocycles. The Balaban J connectivity index is 2.13. The Kier molecular flexibility index (Phi) is 3.81. The number of aromatic nitrogens is 3. The predicted molar refractivity (Wildman–Crippen MR) is 87.7 cm³/mol. The molecule has 112 valence electrons. The minimum Gasteiger partial charge on any atom is -0.309 e. The molecule has 0 fully saturated rings. The number of pyridine rings is 1. The Labute approximate surface area is 132 Å². The molecule has 0 radical (unpaired) electrons. The molecule has 3 aromatic rings. The molecule has 1 aromatic carbocycles. The molecule has 2 heterocycles. The third-order valence-corrected chi connectivity index (χ3v) is 3.59. The van der Waals surface area contributed by atoms with Crippen LogP contribution in [0.3, 0.4) is 0 Å². The average Bonchev–Trinajstić information content (AvgIpc) is 2.87. The minimum absolute atomic E-state index is 0.103. The quantitative estimate of drug-likeness (QED) is 0.755. The summed E-state index contributed by atoms with van der Waals surface area (Å²) in [6.45, 7) is 3.89. The highest BCUT2D eigenvalue weighted by molar-refractivity contribution is 6.29. The van der Waals surface area contributed by atoms with Crippen LogP contribution < -0.4 is 5.32 Å². The molecule has 0 saturated heterocycles. The lowest BCUT2D eigenvalue weighted by Gasteiger charge is -2.10. The van der Waals surface area contributed by atoms with Crippen LogP contribution in [0.1, 0.15) is 11.3 Å². The van der Waals surface area contributed by atoms with Crippen molar-refractivity contribution in [2.75, 3.05) is 11.2 Å². The van der Waals surface area contributed by atoms with E-state index in [1.165, 1.54) is 0 Å². The van der Waals surface area contributed by atoms with E-state index in [2.05, 4.69) is 15.4 Å². The number of rotatable bonds is 3. The molecular weight excluding hydrogens is 300 g/mol. The monoisotopic (exact) mass is 314 g/mol. The van der Waals surface area contributed by atoms with Gasteiger partial charge in [-0.25, -0.2) is 4.98 Å². The number of hydrogen-bond donors (Lipinski definition) is 1. The highest BCUT2D eigenvalue weighted by Gasteiger charge is 2.12. The predicted octanol–water partition coefficient (Wildman–Crippen LogP) is 3.21. The van der Waals surface area contributed by atoms with Crippen molar-refractivity contribution >= 4 is 34.2 Å². The summed E-state index contributed by atoms with van der Waals surface area (Å²) in [7, 11) is 0. The number of para-hydroxylation sites is 1. The Morgan fingerprint density at radius 1 is 1.27 bits per heavy atom. The second-order valence-electron chi connectivity index (χ2n) is 5.08. The molecule has 0 atom stereocenters. The number of carbonyl (C=O) groups is 1. The normalized spacial score (nSPS) is 10.9. The van der Waals surface area contributed by atoms with Gasteiger partial charge in [0.1, 0.15) is 11.7 Å². The van der Waals surface area contributed by atoms with Crippen LogP contribution in [-0.4, -0.2) is 26.6 Å². The lowest BCUT2D eigenvalue weighted by Crippen LogP contribution is -2.16. The van der Waals surface area contributed by atoms with Gasteiger partial charge in [0.15, 0.2) is 5.82 Å². The maximum atomic E-state index is 11.5. The first-order valence-electron chi connectivity index (χ1n) is 6.88. The largest absolute Gasteiger partial charge is 0.309 e. The Morgan fingerprint density at radius 2 is 2.05 bits per heavy atom. The van der Waals surface area contributed by atoms with Crippen molar-refractivity contribution in [2.24, 2.45) is 0 Å². The summed E-state index contributed by atoms with van der Waals surface area (Å²) in [5, 5.41) is 8.25. The smallest absolute Gasteiger partial charge is 0.240 e. The number of hydrogen-bond acceptors (Lipinski definition) is 3. The second-order valence-corrected chi connectivity index (χ2v) is 5.35. The molecule has 1 N–H and O–H groups in total. The number of halogens is 1. The standard InChI is InChI=1S/C16H15ClN4O/c1-10-7-14(18-13-6-4-3-5-12(10)13)21-15(8-11(2)20-21)19-16(22)9-17/h3-8H,9H2,1-2H3,(H,19,22). The van der Waals surface area contributed by atoms with Gasteiger partial charge in [-0.1, -0.05) is 18.2 Å². The van der Waals surface area contributed by atoms with E-state index >= 15 is 0 Å². The van der Waals surface area contributed by atoms with E-state index in [1.54, 1.807) is 10.7 Å². The summed E-state index contributed by atoms with van der Waals surface area (Å²) in [5.41, 5.74) is 2.78. The van der Waals surface area contributed by atoms with Crippen molar-refractivity contribution in [2.45, 2.75) is 13.8 Å². The van der Waals surface area contributed by atoms with E-state index in [0.717, 1.165) is 22.2 Å². The van der Waals surface area contributed by atoms with Crippen molar-refractivity contribution in [3.63, 3.8) is 0 Å². The molecule has 0 spiro atoms. The third kappa shape index (κ3) is 2.67. The first-order valence-corrected chi connectivity index (χ1v) is 7.41. The SMILES string of the molecule is Cc1cc(NC(=O)CCl)n(-c2cc(C)c3ccccc3n2)n1. The second kappa shape index (κ2) is 5.77. The molecule has 0 bridgehead atoms. The molecule has 0 aliphatic heterocycles. The summed E-state index contributed by atoms with van der Waals surface area (Å²) >= 11 is 5.55. The number of aryl methyl sites for hydroxylation is 2. The lowest BCUT2D eigenvalue weighted by molar-refractivity contribution is -0.114. The number of carbonyl (C=O) groups excluding carboxylic acids is 1. The number of alkyl halides is 1. The van der Waals surface area contributed by atoms with E-state index in [4.69, 9.17) is 11.6 Å². The fraction of sp³-hybridized carbons (Fsp3) is 0.188. The molecule has 3 rings (SSSR count). The number of amides is 1. The number of anilines is 1. The van der Waals surface area contributed by atoms with Crippen LogP contribution in [0.5, 0.6) is 0 Å². The van der Waals surface area contributed by atoms with Crippen LogP contribution in [0.25, 0.3) is 16.7 Å². The molecule has 22 heavy (non-hydrogen) atoms. The number of nitrogens with one attached hydrogen (secondary N) is 1. The zero-order valence-corrected chi connectivity index (χ0v) is 13.1. The van der Waals surface area contributed by atoms with E-state index in [9.17, 15) is 4.79 Å². The first-order chi connectivity index (χ1) is 10.6. The molecule has 0 aliphatic rings. The zero-order valence-electron chi connectivity index (χ0n) is 12.3. The van der Waals surface area contributed by atoms with Gasteiger partial charge >= 0.3 is 0 Å². The van der Waals surface area contributed by atoms with Crippen molar-refractivity contribution < 1.29 is 4.79 Å². The van der Waals surface area contributed by atoms with Gasteiger partial charge in [0.05, 0.1) is 11.2 Å². The van der Waals surface area contributed by atoms with Gasteiger partial charge in [-0.2, -0.15) is 9.78 Å². The molecular formula is C16H15ClN4O. The van der Waals surface area contributed by atoms with E-state index in [1.807, 2.05) is 44.2 Å². The maximum absolute atomic E-state index is 11.5. The van der Waals surface area contributed by atoms with Crippen LogP contribution in [0, 0.1) is 13.8 Å². The van der Waals surface area contributed by atoms with Gasteiger partial charge in [-0.3, -0.25) is 4.79 Å². The van der Waals surface area contributed by atoms with Crippen LogP contribution in [-0.2, 0) is 4.79 Å². The van der Waals surface area contributed by atoms with Gasteiger partial charge < -0.3 is 5.32 Å². The zero-order chi connectivity index (χ0) is 15.7. The van der Waals surface area contributed by atoms with E-state index in [-0.39, 0.29) is 11.8 Å². The Morgan fingerprint density at radius 3 is 2.82 bits per heavy atom. The summed E-state index contributed by atoms with van der Waals surface area (Å²) in [4.78, 5) is 16.2. The molecule has 5 nitrogen and oxygen atoms in total. The van der Waals surface area contributed by atoms with Crippen LogP contribution in [0.15, 0.2) is 36.4 Å². The fourth-order valence-electron chi connectivity index (χ4n) is 2.38. The summed E-state index contributed by atoms with van der Waals surface area (Å²) in [5.74, 6) is 0.842. The molecule has 0 aliphatic carbocycles. The van der Waals surface area contributed by atoms with Crippen LogP contribution in [0.4, 0.5) is 5.82 Å². The maximum Gasteiger partial charge on any atom is 0.240 e. The van der Waals surface area contributed by atoms with Crippen molar-refractivity contribution in [3.05, 3.63) is 47.7 Å². The van der Waals surface area contributed by atoms with Gasteiger partial charge in [-0.15, -0.1) is 11.6 Å². The summed E-state index contributed by atoms with van der Waals surface area (Å²) in [6.07, 6.45) is 0. The molecule has 0 saturated carbocycles. The molecule has 6 heteroatoms. The van der Waals surface area contributed by atoms with Crippen molar-refractivity contribution in [1.82, 2.24) is 14.8 Å². The molecule has 1 amide bonds. The summed E-state index contributed by atoms with van der Waals surface area (Å²) in [6, 6.07) is 11.7. The van der Waals surface area contributed by atoms with Gasteiger partial charge in [0, 0.05) is 11.5 Å². The van der Waals surface area contributed by atoms with E-state index in [0.29, 0.717) is 11.6 Å². The van der Waals surface area contributed by atoms with E-state index < -0.39 is 0 Å². The Bertz CT molecular complexity index is 856. The average molecular weight is 315 g/mol. The molecule has 0 unspecified atom stereocenters. The fourth-order valence-corrected chi connectivity index (χ4v) is 2.45. The van der Waals surface area contributed by atoms with Crippen molar-refractivity contribution in [1.29, 1.82) is 0 Å².